The molecule has 1 heterocycles. The van der Waals surface area contributed by atoms with Gasteiger partial charge in [-0.05, 0) is 5.82 Å². The standard InChI is InChI=1S/C2H3N4/c3-2-1-4-6-5-2/h(H3,3,4,5,6)/q-1. The molecule has 0 bridgehead atoms. The second-order valence-electron chi connectivity index (χ2n) is 0.837. The minimum atomic E-state index is 0.370. The van der Waals surface area contributed by atoms with Crippen molar-refractivity contribution in [3.8, 4) is 0 Å². The first-order valence-electron chi connectivity index (χ1n) is 1.44. The maximum absolute atomic E-state index is 5.04. The van der Waals surface area contributed by atoms with E-state index in [9.17, 15) is 0 Å². The smallest absolute Gasteiger partial charge is 0.0472 e. The van der Waals surface area contributed by atoms with Crippen molar-refractivity contribution >= 4 is 5.82 Å². The van der Waals surface area contributed by atoms with E-state index in [0.717, 1.165) is 0 Å². The second kappa shape index (κ2) is 0.965. The van der Waals surface area contributed by atoms with Crippen molar-refractivity contribution in [3.05, 3.63) is 6.20 Å². The van der Waals surface area contributed by atoms with Gasteiger partial charge in [0, 0.05) is 0 Å². The van der Waals surface area contributed by atoms with Crippen LogP contribution in [0, 0.1) is 6.20 Å². The quantitative estimate of drug-likeness (QED) is 0.403. The third-order valence-electron chi connectivity index (χ3n) is 0.391. The number of rotatable bonds is 0. The number of nitrogens with two attached hydrogens (primary N) is 1. The third-order valence-corrected chi connectivity index (χ3v) is 0.391. The molecule has 4 nitrogen and oxygen atoms in total. The molecule has 0 amide bonds. The zero-order valence-electron chi connectivity index (χ0n) is 2.97. The summed E-state index contributed by atoms with van der Waals surface area (Å²) in [6.45, 7) is 0. The van der Waals surface area contributed by atoms with Crippen molar-refractivity contribution in [2.75, 3.05) is 5.73 Å². The summed E-state index contributed by atoms with van der Waals surface area (Å²) in [5, 5.41) is 8.89. The Kier molecular flexibility index (Phi) is 0.506. The number of hydrogen-bond donors (Lipinski definition) is 2. The zero-order chi connectivity index (χ0) is 4.41. The molecule has 0 aromatic carbocycles. The van der Waals surface area contributed by atoms with E-state index < -0.39 is 0 Å². The molecule has 0 saturated carbocycles. The summed E-state index contributed by atoms with van der Waals surface area (Å²) < 4.78 is 0. The lowest BCUT2D eigenvalue weighted by molar-refractivity contribution is 0.941. The molecular formula is C2H3N4-. The number of H-pyrrole nitrogens is 1. The lowest BCUT2D eigenvalue weighted by atomic mass is 10.8. The van der Waals surface area contributed by atoms with Crippen molar-refractivity contribution < 1.29 is 0 Å². The maximum atomic E-state index is 5.04. The molecule has 0 fully saturated rings. The molecule has 6 heavy (non-hydrogen) atoms. The fraction of sp³-hybridized carbons (Fsp3) is 0. The van der Waals surface area contributed by atoms with Crippen molar-refractivity contribution in [2.24, 2.45) is 0 Å². The van der Waals surface area contributed by atoms with E-state index >= 15 is 0 Å². The topological polar surface area (TPSA) is 67.6 Å². The Morgan fingerprint density at radius 1 is 1.83 bits per heavy atom. The minimum Gasteiger partial charge on any atom is -0.412 e. The highest BCUT2D eigenvalue weighted by Gasteiger charge is 1.58. The molecular weight excluding hydrogens is 80.0 g/mol. The van der Waals surface area contributed by atoms with Gasteiger partial charge in [0.2, 0.25) is 0 Å². The molecule has 0 aliphatic carbocycles. The molecule has 0 spiro atoms. The maximum Gasteiger partial charge on any atom is -0.0472 e. The Hall–Kier alpha value is -1.06. The Morgan fingerprint density at radius 3 is 2.83 bits per heavy atom. The Bertz CT molecular complexity index is 109. The molecule has 1 aromatic rings. The fourth-order valence-electron chi connectivity index (χ4n) is 0.183. The first-order valence-corrected chi connectivity index (χ1v) is 1.44. The fourth-order valence-corrected chi connectivity index (χ4v) is 0.183. The van der Waals surface area contributed by atoms with Gasteiger partial charge in [-0.25, -0.2) is 0 Å². The van der Waals surface area contributed by atoms with E-state index in [0.29, 0.717) is 5.82 Å². The van der Waals surface area contributed by atoms with Gasteiger partial charge in [0.15, 0.2) is 0 Å². The van der Waals surface area contributed by atoms with E-state index in [1.54, 1.807) is 0 Å². The van der Waals surface area contributed by atoms with Crippen LogP contribution in [-0.4, -0.2) is 15.4 Å². The normalized spacial score (nSPS) is 8.67. The van der Waals surface area contributed by atoms with Crippen LogP contribution in [0.5, 0.6) is 0 Å². The number of nitrogen functional groups attached to an aromatic ring is 1. The van der Waals surface area contributed by atoms with Crippen molar-refractivity contribution in [2.45, 2.75) is 0 Å². The van der Waals surface area contributed by atoms with Crippen molar-refractivity contribution in [1.29, 1.82) is 0 Å². The summed E-state index contributed by atoms with van der Waals surface area (Å²) >= 11 is 0. The number of anilines is 1. The number of aromatic nitrogens is 3. The van der Waals surface area contributed by atoms with Gasteiger partial charge in [0.05, 0.1) is 0 Å². The van der Waals surface area contributed by atoms with Crippen LogP contribution in [0.3, 0.4) is 0 Å². The highest BCUT2D eigenvalue weighted by atomic mass is 15.3. The summed E-state index contributed by atoms with van der Waals surface area (Å²) in [5.74, 6) is 0.370. The van der Waals surface area contributed by atoms with E-state index in [-0.39, 0.29) is 0 Å². The van der Waals surface area contributed by atoms with Gasteiger partial charge in [-0.2, -0.15) is 0 Å². The number of aromatic amines is 1. The molecule has 3 N–H and O–H groups in total. The van der Waals surface area contributed by atoms with Crippen LogP contribution in [0.15, 0.2) is 0 Å². The van der Waals surface area contributed by atoms with Crippen LogP contribution >= 0.6 is 0 Å². The van der Waals surface area contributed by atoms with Crippen LogP contribution in [-0.2, 0) is 0 Å². The predicted octanol–water partition coefficient (Wildman–Crippen LogP) is -0.813. The van der Waals surface area contributed by atoms with Gasteiger partial charge in [-0.15, -0.1) is 5.21 Å². The van der Waals surface area contributed by atoms with Crippen molar-refractivity contribution in [3.63, 3.8) is 0 Å². The predicted molar refractivity (Wildman–Crippen MR) is 19.6 cm³/mol. The van der Waals surface area contributed by atoms with Crippen LogP contribution < -0.4 is 5.73 Å². The molecule has 0 aliphatic rings. The zero-order valence-corrected chi connectivity index (χ0v) is 2.97. The molecule has 32 valence electrons. The summed E-state index contributed by atoms with van der Waals surface area (Å²) in [6, 6.07) is 0. The number of nitrogens with zero attached hydrogens (tertiary/aromatic N) is 2. The monoisotopic (exact) mass is 83.0 g/mol. The summed E-state index contributed by atoms with van der Waals surface area (Å²) in [5.41, 5.74) is 5.04. The second-order valence-corrected chi connectivity index (χ2v) is 0.837. The Morgan fingerprint density at radius 2 is 2.67 bits per heavy atom. The third kappa shape index (κ3) is 0.314. The Labute approximate surface area is 34.4 Å². The van der Waals surface area contributed by atoms with Gasteiger partial charge in [0.25, 0.3) is 0 Å². The molecule has 1 rings (SSSR count). The van der Waals surface area contributed by atoms with Gasteiger partial charge in [-0.3, -0.25) is 11.3 Å². The van der Waals surface area contributed by atoms with Crippen LogP contribution in [0.2, 0.25) is 0 Å². The molecule has 0 saturated heterocycles. The highest BCUT2D eigenvalue weighted by Crippen LogP contribution is 1.79. The molecule has 4 heteroatoms. The van der Waals surface area contributed by atoms with Gasteiger partial charge < -0.3 is 10.8 Å². The SMILES string of the molecule is Nc1[c-]nn[nH]1. The molecule has 1 aromatic heterocycles. The lowest BCUT2D eigenvalue weighted by Crippen LogP contribution is -1.81. The van der Waals surface area contributed by atoms with E-state index in [2.05, 4.69) is 21.6 Å². The molecule has 0 unspecified atom stereocenters. The number of nitrogens with one attached hydrogen (secondary N) is 1. The molecule has 0 atom stereocenters. The van der Waals surface area contributed by atoms with Gasteiger partial charge in [-0.1, -0.05) is 0 Å². The highest BCUT2D eigenvalue weighted by molar-refractivity contribution is 5.16. The lowest BCUT2D eigenvalue weighted by Gasteiger charge is -1.82. The molecule has 0 radical (unpaired) electrons. The average Bonchev–Trinajstić information content (AvgIpc) is 1.86. The minimum absolute atomic E-state index is 0.370. The first-order chi connectivity index (χ1) is 2.89. The summed E-state index contributed by atoms with van der Waals surface area (Å²) in [6.07, 6.45) is 2.36. The largest absolute Gasteiger partial charge is 0.412 e. The first kappa shape index (κ1) is 3.14. The number of hydrogen-bond acceptors (Lipinski definition) is 3. The average molecular weight is 83.1 g/mol. The summed E-state index contributed by atoms with van der Waals surface area (Å²) in [4.78, 5) is 0. The van der Waals surface area contributed by atoms with E-state index in [1.807, 2.05) is 0 Å². The van der Waals surface area contributed by atoms with E-state index in [4.69, 9.17) is 5.73 Å². The summed E-state index contributed by atoms with van der Waals surface area (Å²) in [7, 11) is 0. The Balaban J connectivity index is 3.05. The van der Waals surface area contributed by atoms with Gasteiger partial charge >= 0.3 is 0 Å². The van der Waals surface area contributed by atoms with Crippen LogP contribution in [0.4, 0.5) is 5.82 Å². The van der Waals surface area contributed by atoms with Gasteiger partial charge in [0.1, 0.15) is 0 Å². The molecule has 0 aliphatic heterocycles. The van der Waals surface area contributed by atoms with E-state index in [1.165, 1.54) is 0 Å². The van der Waals surface area contributed by atoms with Crippen molar-refractivity contribution in [1.82, 2.24) is 15.4 Å². The van der Waals surface area contributed by atoms with Crippen LogP contribution in [0.1, 0.15) is 0 Å². The van der Waals surface area contributed by atoms with Crippen LogP contribution in [0.25, 0.3) is 0 Å².